The van der Waals surface area contributed by atoms with E-state index in [-0.39, 0.29) is 23.0 Å². The highest BCUT2D eigenvalue weighted by Crippen LogP contribution is 2.25. The number of imidazole rings is 2. The SMILES string of the molecule is COc1cc(/C=c2/c(=O)n(C(C)c3ccc(F)cc3)c3n2CC(C)(C)N=3)ccc1-n1cnc(C)c1. The number of hydrogen-bond donors (Lipinski definition) is 0. The second-order valence-electron chi connectivity index (χ2n) is 9.60. The summed E-state index contributed by atoms with van der Waals surface area (Å²) in [6.45, 7) is 8.56. The van der Waals surface area contributed by atoms with Gasteiger partial charge in [-0.05, 0) is 69.2 Å². The van der Waals surface area contributed by atoms with Gasteiger partial charge < -0.3 is 13.9 Å². The minimum Gasteiger partial charge on any atom is -0.495 e. The molecule has 0 radical (unpaired) electrons. The van der Waals surface area contributed by atoms with Crippen molar-refractivity contribution in [2.24, 2.45) is 4.99 Å². The van der Waals surface area contributed by atoms with E-state index in [2.05, 4.69) is 4.98 Å². The lowest BCUT2D eigenvalue weighted by molar-refractivity contribution is 0.413. The van der Waals surface area contributed by atoms with E-state index in [0.29, 0.717) is 23.3 Å². The van der Waals surface area contributed by atoms with E-state index in [1.54, 1.807) is 30.1 Å². The Hall–Kier alpha value is -3.94. The van der Waals surface area contributed by atoms with Gasteiger partial charge in [0.25, 0.3) is 5.56 Å². The third kappa shape index (κ3) is 4.09. The lowest BCUT2D eigenvalue weighted by Gasteiger charge is -2.14. The van der Waals surface area contributed by atoms with Crippen LogP contribution in [0, 0.1) is 12.7 Å². The van der Waals surface area contributed by atoms with Crippen LogP contribution in [0.1, 0.15) is 43.6 Å². The van der Waals surface area contributed by atoms with Gasteiger partial charge >= 0.3 is 0 Å². The number of rotatable bonds is 5. The summed E-state index contributed by atoms with van der Waals surface area (Å²) in [4.78, 5) is 22.8. The average Bonchev–Trinajstić information content (AvgIpc) is 3.45. The van der Waals surface area contributed by atoms with Crippen molar-refractivity contribution < 1.29 is 9.13 Å². The average molecular weight is 474 g/mol. The van der Waals surface area contributed by atoms with E-state index in [4.69, 9.17) is 9.73 Å². The van der Waals surface area contributed by atoms with Gasteiger partial charge in [-0.2, -0.15) is 0 Å². The van der Waals surface area contributed by atoms with Crippen LogP contribution in [0.3, 0.4) is 0 Å². The monoisotopic (exact) mass is 473 g/mol. The summed E-state index contributed by atoms with van der Waals surface area (Å²) in [5, 5.41) is 0.552. The molecule has 4 aromatic rings. The Morgan fingerprint density at radius 2 is 1.91 bits per heavy atom. The van der Waals surface area contributed by atoms with Crippen LogP contribution in [0.15, 0.2) is 64.8 Å². The molecule has 1 aliphatic rings. The summed E-state index contributed by atoms with van der Waals surface area (Å²) >= 11 is 0. The Labute approximate surface area is 202 Å². The molecule has 0 spiro atoms. The number of nitrogens with zero attached hydrogens (tertiary/aromatic N) is 5. The molecule has 180 valence electrons. The second-order valence-corrected chi connectivity index (χ2v) is 9.60. The molecule has 7 nitrogen and oxygen atoms in total. The molecule has 3 heterocycles. The first-order valence-corrected chi connectivity index (χ1v) is 11.5. The van der Waals surface area contributed by atoms with Gasteiger partial charge in [0.05, 0.1) is 42.9 Å². The molecule has 8 heteroatoms. The highest BCUT2D eigenvalue weighted by molar-refractivity contribution is 5.58. The Bertz CT molecular complexity index is 1590. The van der Waals surface area contributed by atoms with E-state index in [0.717, 1.165) is 22.5 Å². The Kier molecular flexibility index (Phi) is 5.46. The lowest BCUT2D eigenvalue weighted by Crippen LogP contribution is -2.36. The molecule has 2 aromatic carbocycles. The van der Waals surface area contributed by atoms with E-state index < -0.39 is 0 Å². The van der Waals surface area contributed by atoms with E-state index in [1.807, 2.05) is 67.3 Å². The minimum atomic E-state index is -0.337. The lowest BCUT2D eigenvalue weighted by atomic mass is 10.1. The maximum Gasteiger partial charge on any atom is 0.277 e. The molecule has 0 saturated heterocycles. The van der Waals surface area contributed by atoms with Crippen molar-refractivity contribution in [1.82, 2.24) is 18.7 Å². The van der Waals surface area contributed by atoms with Crippen molar-refractivity contribution in [2.45, 2.75) is 45.8 Å². The molecule has 1 aliphatic heterocycles. The van der Waals surface area contributed by atoms with Crippen LogP contribution >= 0.6 is 0 Å². The van der Waals surface area contributed by atoms with Crippen LogP contribution in [0.25, 0.3) is 11.8 Å². The Morgan fingerprint density at radius 1 is 1.17 bits per heavy atom. The summed E-state index contributed by atoms with van der Waals surface area (Å²) < 4.78 is 24.7. The number of fused-ring (bicyclic) bond motifs is 1. The second kappa shape index (κ2) is 8.37. The molecule has 0 fully saturated rings. The van der Waals surface area contributed by atoms with Gasteiger partial charge in [-0.1, -0.05) is 18.2 Å². The Morgan fingerprint density at radius 3 is 2.57 bits per heavy atom. The fraction of sp³-hybridized carbons (Fsp3) is 0.296. The smallest absolute Gasteiger partial charge is 0.277 e. The van der Waals surface area contributed by atoms with Gasteiger partial charge in [-0.25, -0.2) is 14.4 Å². The molecule has 0 aliphatic carbocycles. The normalized spacial score (nSPS) is 15.7. The van der Waals surface area contributed by atoms with Crippen molar-refractivity contribution in [3.8, 4) is 11.4 Å². The Balaban J connectivity index is 1.66. The van der Waals surface area contributed by atoms with Crippen LogP contribution in [0.4, 0.5) is 4.39 Å². The third-order valence-electron chi connectivity index (χ3n) is 6.37. The molecule has 0 amide bonds. The molecule has 0 saturated carbocycles. The third-order valence-corrected chi connectivity index (χ3v) is 6.37. The highest BCUT2D eigenvalue weighted by atomic mass is 19.1. The highest BCUT2D eigenvalue weighted by Gasteiger charge is 2.29. The summed E-state index contributed by atoms with van der Waals surface area (Å²) in [6.07, 6.45) is 5.55. The zero-order valence-electron chi connectivity index (χ0n) is 20.5. The quantitative estimate of drug-likeness (QED) is 0.447. The summed E-state index contributed by atoms with van der Waals surface area (Å²) in [6, 6.07) is 11.8. The predicted molar refractivity (Wildman–Crippen MR) is 132 cm³/mol. The van der Waals surface area contributed by atoms with Gasteiger partial charge in [-0.15, -0.1) is 0 Å². The molecule has 1 unspecified atom stereocenters. The van der Waals surface area contributed by atoms with Crippen LogP contribution in [0.2, 0.25) is 0 Å². The summed E-state index contributed by atoms with van der Waals surface area (Å²) in [5.41, 5.74) is 3.61. The predicted octanol–water partition coefficient (Wildman–Crippen LogP) is 3.14. The fourth-order valence-electron chi connectivity index (χ4n) is 4.62. The number of benzene rings is 2. The van der Waals surface area contributed by atoms with Crippen molar-refractivity contribution in [2.75, 3.05) is 7.11 Å². The number of ether oxygens (including phenoxy) is 1. The largest absolute Gasteiger partial charge is 0.495 e. The first-order valence-electron chi connectivity index (χ1n) is 11.5. The molecule has 0 N–H and O–H groups in total. The maximum atomic E-state index is 13.7. The van der Waals surface area contributed by atoms with Gasteiger partial charge in [0.1, 0.15) is 16.9 Å². The molecule has 2 aromatic heterocycles. The first-order chi connectivity index (χ1) is 16.7. The number of aryl methyl sites for hydroxylation is 1. The van der Waals surface area contributed by atoms with E-state index in [9.17, 15) is 9.18 Å². The molecule has 1 atom stereocenters. The number of hydrogen-bond acceptors (Lipinski definition) is 4. The maximum absolute atomic E-state index is 13.7. The molecular formula is C27H28FN5O2. The van der Waals surface area contributed by atoms with Crippen LogP contribution in [-0.2, 0) is 6.54 Å². The van der Waals surface area contributed by atoms with Crippen molar-refractivity contribution in [3.05, 3.63) is 98.9 Å². The van der Waals surface area contributed by atoms with Crippen LogP contribution in [-0.4, -0.2) is 31.3 Å². The zero-order chi connectivity index (χ0) is 24.9. The van der Waals surface area contributed by atoms with Crippen molar-refractivity contribution in [3.63, 3.8) is 0 Å². The van der Waals surface area contributed by atoms with Gasteiger partial charge in [0.2, 0.25) is 5.62 Å². The van der Waals surface area contributed by atoms with Crippen molar-refractivity contribution in [1.29, 1.82) is 0 Å². The topological polar surface area (TPSA) is 66.3 Å². The molecule has 35 heavy (non-hydrogen) atoms. The fourth-order valence-corrected chi connectivity index (χ4v) is 4.62. The molecule has 5 rings (SSSR count). The van der Waals surface area contributed by atoms with E-state index in [1.165, 1.54) is 12.1 Å². The minimum absolute atomic E-state index is 0.135. The number of aromatic nitrogens is 4. The summed E-state index contributed by atoms with van der Waals surface area (Å²) in [5.74, 6) is 0.368. The zero-order valence-corrected chi connectivity index (χ0v) is 20.5. The first kappa shape index (κ1) is 22.8. The standard InChI is InChI=1S/C27H28FN5O2/c1-17-14-31(16-29-17)22-11-6-19(13-24(22)35-5)12-23-25(34)33(26-30-27(3,4)15-32(23)26)18(2)20-7-9-21(28)10-8-20/h6-14,16,18H,15H2,1-5H3/b23-12-. The van der Waals surface area contributed by atoms with Gasteiger partial charge in [-0.3, -0.25) is 9.36 Å². The van der Waals surface area contributed by atoms with Gasteiger partial charge in [0, 0.05) is 6.20 Å². The molecule has 0 bridgehead atoms. The van der Waals surface area contributed by atoms with Crippen LogP contribution in [0.5, 0.6) is 5.75 Å². The van der Waals surface area contributed by atoms with E-state index >= 15 is 0 Å². The summed E-state index contributed by atoms with van der Waals surface area (Å²) in [7, 11) is 1.63. The van der Waals surface area contributed by atoms with Gasteiger partial charge in [0.15, 0.2) is 0 Å². The number of methoxy groups -OCH3 is 1. The molecular weight excluding hydrogens is 445 g/mol. The van der Waals surface area contributed by atoms with Crippen LogP contribution < -0.4 is 21.3 Å². The van der Waals surface area contributed by atoms with Crippen molar-refractivity contribution >= 4 is 6.08 Å². The number of halogens is 1.